The summed E-state index contributed by atoms with van der Waals surface area (Å²) in [4.78, 5) is 2.44. The number of hydrogen-bond acceptors (Lipinski definition) is 2. The van der Waals surface area contributed by atoms with Gasteiger partial charge < -0.3 is 5.11 Å². The van der Waals surface area contributed by atoms with Crippen molar-refractivity contribution in [1.82, 2.24) is 4.90 Å². The number of β-amino-alcohol motifs (C(OH)–C–C–N with tert-alkyl or cyclic N) is 1. The van der Waals surface area contributed by atoms with Crippen molar-refractivity contribution in [2.75, 3.05) is 6.54 Å². The Morgan fingerprint density at radius 2 is 2.15 bits per heavy atom. The maximum absolute atomic E-state index is 10.2. The fraction of sp³-hybridized carbons (Fsp3) is 0.818. The highest BCUT2D eigenvalue weighted by Gasteiger charge is 2.46. The van der Waals surface area contributed by atoms with E-state index in [1.54, 1.807) is 0 Å². The third-order valence-corrected chi connectivity index (χ3v) is 3.45. The van der Waals surface area contributed by atoms with E-state index in [0.29, 0.717) is 6.04 Å². The van der Waals surface area contributed by atoms with E-state index >= 15 is 0 Å². The Labute approximate surface area is 80.2 Å². The molecule has 1 aliphatic carbocycles. The molecule has 2 heteroatoms. The minimum atomic E-state index is -0.609. The van der Waals surface area contributed by atoms with Crippen LogP contribution >= 0.6 is 0 Å². The Hall–Kier alpha value is -0.340. The summed E-state index contributed by atoms with van der Waals surface area (Å²) in [6.45, 7) is 8.82. The van der Waals surface area contributed by atoms with Crippen LogP contribution in [-0.4, -0.2) is 34.2 Å². The molecule has 0 amide bonds. The van der Waals surface area contributed by atoms with Crippen LogP contribution in [-0.2, 0) is 0 Å². The standard InChI is InChI=1S/C11H19NO/c1-8(2)11(13)6-9(3)12(7-11)10-4-5-10/h9-10,13H,1,4-7H2,2-3H3. The van der Waals surface area contributed by atoms with E-state index in [1.165, 1.54) is 12.8 Å². The molecule has 1 saturated heterocycles. The molecule has 1 heterocycles. The van der Waals surface area contributed by atoms with Crippen LogP contribution in [0.3, 0.4) is 0 Å². The molecule has 0 radical (unpaired) electrons. The zero-order valence-corrected chi connectivity index (χ0v) is 8.58. The van der Waals surface area contributed by atoms with Crippen molar-refractivity contribution in [2.45, 2.75) is 50.8 Å². The fourth-order valence-electron chi connectivity index (χ4n) is 2.33. The van der Waals surface area contributed by atoms with Crippen molar-refractivity contribution >= 4 is 0 Å². The first kappa shape index (κ1) is 9.22. The van der Waals surface area contributed by atoms with Gasteiger partial charge in [0.05, 0.1) is 5.60 Å². The van der Waals surface area contributed by atoms with Gasteiger partial charge in [-0.15, -0.1) is 0 Å². The summed E-state index contributed by atoms with van der Waals surface area (Å²) in [6, 6.07) is 1.28. The summed E-state index contributed by atoms with van der Waals surface area (Å²) in [5.41, 5.74) is 0.310. The second kappa shape index (κ2) is 2.82. The smallest absolute Gasteiger partial charge is 0.0992 e. The molecule has 13 heavy (non-hydrogen) atoms. The van der Waals surface area contributed by atoms with Gasteiger partial charge in [0.1, 0.15) is 0 Å². The average molecular weight is 181 g/mol. The number of nitrogens with zero attached hydrogens (tertiary/aromatic N) is 1. The molecule has 2 aliphatic rings. The van der Waals surface area contributed by atoms with Crippen molar-refractivity contribution in [3.8, 4) is 0 Å². The molecule has 1 aliphatic heterocycles. The Bertz CT molecular complexity index is 234. The highest BCUT2D eigenvalue weighted by atomic mass is 16.3. The van der Waals surface area contributed by atoms with E-state index in [0.717, 1.165) is 24.6 Å². The van der Waals surface area contributed by atoms with Crippen molar-refractivity contribution in [3.63, 3.8) is 0 Å². The largest absolute Gasteiger partial charge is 0.384 e. The zero-order valence-electron chi connectivity index (χ0n) is 8.58. The number of likely N-dealkylation sites (tertiary alicyclic amines) is 1. The summed E-state index contributed by atoms with van der Waals surface area (Å²) in [5.74, 6) is 0. The monoisotopic (exact) mass is 181 g/mol. The third-order valence-electron chi connectivity index (χ3n) is 3.45. The molecule has 2 fully saturated rings. The van der Waals surface area contributed by atoms with Gasteiger partial charge in [-0.05, 0) is 38.7 Å². The lowest BCUT2D eigenvalue weighted by Crippen LogP contribution is -2.35. The molecule has 2 unspecified atom stereocenters. The fourth-order valence-corrected chi connectivity index (χ4v) is 2.33. The molecule has 2 nitrogen and oxygen atoms in total. The molecule has 0 bridgehead atoms. The Balaban J connectivity index is 2.08. The summed E-state index contributed by atoms with van der Waals surface area (Å²) in [6.07, 6.45) is 3.49. The lowest BCUT2D eigenvalue weighted by molar-refractivity contribution is 0.0855. The van der Waals surface area contributed by atoms with E-state index in [2.05, 4.69) is 18.4 Å². The van der Waals surface area contributed by atoms with E-state index < -0.39 is 5.60 Å². The summed E-state index contributed by atoms with van der Waals surface area (Å²) in [7, 11) is 0. The van der Waals surface area contributed by atoms with Crippen LogP contribution in [0.5, 0.6) is 0 Å². The van der Waals surface area contributed by atoms with Gasteiger partial charge in [-0.2, -0.15) is 0 Å². The van der Waals surface area contributed by atoms with Gasteiger partial charge in [-0.1, -0.05) is 6.58 Å². The van der Waals surface area contributed by atoms with E-state index in [9.17, 15) is 5.11 Å². The molecule has 0 spiro atoms. The Morgan fingerprint density at radius 1 is 1.54 bits per heavy atom. The molecular formula is C11H19NO. The van der Waals surface area contributed by atoms with Crippen molar-refractivity contribution in [3.05, 3.63) is 12.2 Å². The zero-order chi connectivity index (χ0) is 9.64. The van der Waals surface area contributed by atoms with E-state index in [-0.39, 0.29) is 0 Å². The topological polar surface area (TPSA) is 23.5 Å². The molecule has 2 rings (SSSR count). The quantitative estimate of drug-likeness (QED) is 0.653. The van der Waals surface area contributed by atoms with Crippen LogP contribution in [0.25, 0.3) is 0 Å². The summed E-state index contributed by atoms with van der Waals surface area (Å²) < 4.78 is 0. The summed E-state index contributed by atoms with van der Waals surface area (Å²) >= 11 is 0. The van der Waals surface area contributed by atoms with Crippen LogP contribution in [0, 0.1) is 0 Å². The van der Waals surface area contributed by atoms with Gasteiger partial charge in [0.25, 0.3) is 0 Å². The maximum atomic E-state index is 10.2. The predicted octanol–water partition coefficient (Wildman–Crippen LogP) is 1.55. The molecule has 0 aromatic rings. The minimum Gasteiger partial charge on any atom is -0.384 e. The maximum Gasteiger partial charge on any atom is 0.0992 e. The molecule has 0 aromatic heterocycles. The van der Waals surface area contributed by atoms with Crippen LogP contribution in [0.2, 0.25) is 0 Å². The van der Waals surface area contributed by atoms with Gasteiger partial charge in [0.15, 0.2) is 0 Å². The van der Waals surface area contributed by atoms with Crippen LogP contribution in [0.4, 0.5) is 0 Å². The normalized spacial score (nSPS) is 41.0. The lowest BCUT2D eigenvalue weighted by atomic mass is 9.94. The van der Waals surface area contributed by atoms with Gasteiger partial charge in [0, 0.05) is 18.6 Å². The van der Waals surface area contributed by atoms with Crippen molar-refractivity contribution < 1.29 is 5.11 Å². The number of aliphatic hydroxyl groups is 1. The molecule has 0 aromatic carbocycles. The van der Waals surface area contributed by atoms with E-state index in [4.69, 9.17) is 0 Å². The van der Waals surface area contributed by atoms with Crippen molar-refractivity contribution in [1.29, 1.82) is 0 Å². The number of rotatable bonds is 2. The first-order valence-electron chi connectivity index (χ1n) is 5.17. The first-order chi connectivity index (χ1) is 6.03. The van der Waals surface area contributed by atoms with Gasteiger partial charge in [-0.3, -0.25) is 4.90 Å². The molecule has 1 N–H and O–H groups in total. The second-order valence-corrected chi connectivity index (χ2v) is 4.77. The molecular weight excluding hydrogens is 162 g/mol. The predicted molar refractivity (Wildman–Crippen MR) is 53.6 cm³/mol. The molecule has 1 saturated carbocycles. The van der Waals surface area contributed by atoms with Gasteiger partial charge in [0.2, 0.25) is 0 Å². The van der Waals surface area contributed by atoms with Crippen LogP contribution in [0.15, 0.2) is 12.2 Å². The average Bonchev–Trinajstić information content (AvgIpc) is 2.79. The van der Waals surface area contributed by atoms with Gasteiger partial charge >= 0.3 is 0 Å². The molecule has 2 atom stereocenters. The summed E-state index contributed by atoms with van der Waals surface area (Å²) in [5, 5.41) is 10.2. The lowest BCUT2D eigenvalue weighted by Gasteiger charge is -2.23. The molecule has 74 valence electrons. The van der Waals surface area contributed by atoms with E-state index in [1.807, 2.05) is 6.92 Å². The van der Waals surface area contributed by atoms with Crippen LogP contribution < -0.4 is 0 Å². The highest BCUT2D eigenvalue weighted by molar-refractivity contribution is 5.16. The second-order valence-electron chi connectivity index (χ2n) is 4.77. The number of hydrogen-bond donors (Lipinski definition) is 1. The van der Waals surface area contributed by atoms with Crippen LogP contribution in [0.1, 0.15) is 33.1 Å². The van der Waals surface area contributed by atoms with Gasteiger partial charge in [-0.25, -0.2) is 0 Å². The Morgan fingerprint density at radius 3 is 2.54 bits per heavy atom. The SMILES string of the molecule is C=C(C)C1(O)CC(C)N(C2CC2)C1. The minimum absolute atomic E-state index is 0.522. The first-order valence-corrected chi connectivity index (χ1v) is 5.17. The third kappa shape index (κ3) is 1.53. The van der Waals surface area contributed by atoms with Crippen molar-refractivity contribution in [2.24, 2.45) is 0 Å². The Kier molecular flexibility index (Phi) is 2.00. The highest BCUT2D eigenvalue weighted by Crippen LogP contribution is 2.39.